The van der Waals surface area contributed by atoms with E-state index in [9.17, 15) is 41.0 Å². The molecule has 0 aromatic carbocycles. The lowest BCUT2D eigenvalue weighted by molar-refractivity contribution is -0.371. The maximum absolute atomic E-state index is 13.0. The molecule has 0 aliphatic carbocycles. The smallest absolute Gasteiger partial charge is 0.388 e. The number of unbranched alkanes of at least 4 members (excludes halogenated alkanes) is 14. The van der Waals surface area contributed by atoms with Crippen molar-refractivity contribution in [1.29, 1.82) is 0 Å². The summed E-state index contributed by atoms with van der Waals surface area (Å²) >= 11 is 0. The van der Waals surface area contributed by atoms with Gasteiger partial charge in [-0.3, -0.25) is 9.59 Å². The largest absolute Gasteiger partial charge is 0.471 e. The second kappa shape index (κ2) is 31.1. The molecule has 0 aromatic heterocycles. The minimum atomic E-state index is -5.10. The van der Waals surface area contributed by atoms with Crippen LogP contribution in [-0.4, -0.2) is 135 Å². The van der Waals surface area contributed by atoms with E-state index >= 15 is 0 Å². The Morgan fingerprint density at radius 2 is 0.971 bits per heavy atom. The summed E-state index contributed by atoms with van der Waals surface area (Å²) in [5, 5.41) is 14.2. The van der Waals surface area contributed by atoms with Gasteiger partial charge >= 0.3 is 24.2 Å². The van der Waals surface area contributed by atoms with Gasteiger partial charge in [-0.25, -0.2) is 0 Å². The monoisotopic (exact) mass is 993 g/mol. The normalized spacial score (nSPS) is 28.6. The Labute approximate surface area is 400 Å². The van der Waals surface area contributed by atoms with Crippen molar-refractivity contribution in [3.8, 4) is 0 Å². The van der Waals surface area contributed by atoms with Crippen molar-refractivity contribution < 1.29 is 83.7 Å². The number of rotatable bonds is 25. The number of carbonyl (C=O) groups excluding carboxylic acids is 2. The van der Waals surface area contributed by atoms with Crippen LogP contribution in [0.4, 0.5) is 26.3 Å². The maximum Gasteiger partial charge on any atom is 0.471 e. The molecule has 10 unspecified atom stereocenters. The van der Waals surface area contributed by atoms with E-state index in [1.807, 2.05) is 5.32 Å². The van der Waals surface area contributed by atoms with Gasteiger partial charge in [0.1, 0.15) is 48.7 Å². The zero-order valence-electron chi connectivity index (χ0n) is 41.4. The molecular weight excluding hydrogens is 911 g/mol. The first kappa shape index (κ1) is 61.7. The van der Waals surface area contributed by atoms with Crippen molar-refractivity contribution in [3.63, 3.8) is 0 Å². The SMILES string of the molecule is C=CCOC1OC2COC(C)(C)OC2C(O)C1NC(=O)C(F)(F)F.C=CCOC1OC2COC(C)(C)OC2C(OCCCCCCCCC)C1NC(=O)C(F)(F)F.CCCCCCCCCCC. The highest BCUT2D eigenvalue weighted by Gasteiger charge is 2.55. The second-order valence-corrected chi connectivity index (χ2v) is 18.3. The molecule has 3 N–H and O–H groups in total. The summed E-state index contributed by atoms with van der Waals surface area (Å²) < 4.78 is 127. The van der Waals surface area contributed by atoms with Crippen LogP contribution in [0.15, 0.2) is 25.3 Å². The molecule has 4 aliphatic rings. The zero-order valence-corrected chi connectivity index (χ0v) is 41.4. The average Bonchev–Trinajstić information content (AvgIpc) is 3.27. The minimum Gasteiger partial charge on any atom is -0.388 e. The van der Waals surface area contributed by atoms with Gasteiger partial charge in [-0.05, 0) is 34.1 Å². The molecule has 4 saturated heterocycles. The molecule has 10 atom stereocenters. The van der Waals surface area contributed by atoms with Crippen molar-refractivity contribution in [1.82, 2.24) is 10.6 Å². The van der Waals surface area contributed by atoms with Gasteiger partial charge in [-0.1, -0.05) is 129 Å². The number of hydrogen-bond donors (Lipinski definition) is 3. The number of carbonyl (C=O) groups is 2. The lowest BCUT2D eigenvalue weighted by Gasteiger charge is -2.51. The third kappa shape index (κ3) is 22.4. The van der Waals surface area contributed by atoms with Crippen molar-refractivity contribution in [3.05, 3.63) is 25.3 Å². The molecule has 20 heteroatoms. The molecule has 0 saturated carbocycles. The summed E-state index contributed by atoms with van der Waals surface area (Å²) in [6, 6.07) is -2.69. The Bertz CT molecular complexity index is 1430. The topological polar surface area (TPSA) is 162 Å². The zero-order chi connectivity index (χ0) is 51.0. The van der Waals surface area contributed by atoms with E-state index in [2.05, 4.69) is 33.9 Å². The first-order valence-electron chi connectivity index (χ1n) is 24.5. The van der Waals surface area contributed by atoms with Gasteiger partial charge in [-0.15, -0.1) is 13.2 Å². The minimum absolute atomic E-state index is 0.0259. The van der Waals surface area contributed by atoms with Crippen LogP contribution in [0, 0.1) is 0 Å². The molecule has 398 valence electrons. The van der Waals surface area contributed by atoms with Crippen LogP contribution in [0.5, 0.6) is 0 Å². The van der Waals surface area contributed by atoms with E-state index < -0.39 is 97.0 Å². The van der Waals surface area contributed by atoms with Crippen LogP contribution in [0.25, 0.3) is 0 Å². The first-order chi connectivity index (χ1) is 32.0. The summed E-state index contributed by atoms with van der Waals surface area (Å²) in [6.45, 7) is 20.8. The standard InChI is InChI=1S/C23H38F3NO6.C14H20F3NO6.C11H24/c1-5-7-8-9-10-11-12-14-29-19-17(27-21(28)23(24,25)26)20(30-13-6-2)32-16-15-31-22(3,4)33-18(16)19;1-4-5-21-11-8(18-12(20)14(15,16)17)9(19)10-7(23-11)6-22-13(2,3)24-10;1-3-5-7-9-11-10-8-6-4-2/h6,16-20H,2,5,7-15H2,1,3-4H3,(H,27,28);4,7-11,19H,1,5-6H2,2-3H3,(H,18,20);3-11H2,1-2H3. The molecule has 14 nitrogen and oxygen atoms in total. The van der Waals surface area contributed by atoms with Gasteiger partial charge < -0.3 is 58.4 Å². The molecule has 0 bridgehead atoms. The van der Waals surface area contributed by atoms with E-state index in [0.29, 0.717) is 6.61 Å². The molecule has 4 rings (SSSR count). The molecule has 4 heterocycles. The van der Waals surface area contributed by atoms with E-state index in [0.717, 1.165) is 25.7 Å². The van der Waals surface area contributed by atoms with Crippen molar-refractivity contribution in [2.24, 2.45) is 0 Å². The highest BCUT2D eigenvalue weighted by atomic mass is 19.4. The molecule has 2 amide bonds. The number of aliphatic hydroxyl groups is 1. The third-order valence-corrected chi connectivity index (χ3v) is 11.5. The van der Waals surface area contributed by atoms with Gasteiger partial charge in [0.2, 0.25) is 0 Å². The third-order valence-electron chi connectivity index (χ3n) is 11.5. The van der Waals surface area contributed by atoms with Crippen LogP contribution in [-0.2, 0) is 52.2 Å². The fourth-order valence-electron chi connectivity index (χ4n) is 7.91. The van der Waals surface area contributed by atoms with Gasteiger partial charge in [-0.2, -0.15) is 26.3 Å². The van der Waals surface area contributed by atoms with Crippen molar-refractivity contribution in [2.45, 2.75) is 236 Å². The molecular formula is C48H82F6N2O12. The predicted molar refractivity (Wildman–Crippen MR) is 242 cm³/mol. The van der Waals surface area contributed by atoms with Gasteiger partial charge in [0.25, 0.3) is 0 Å². The number of amides is 2. The van der Waals surface area contributed by atoms with E-state index in [1.54, 1.807) is 33.0 Å². The summed E-state index contributed by atoms with van der Waals surface area (Å²) in [6.07, 6.45) is 5.14. The summed E-state index contributed by atoms with van der Waals surface area (Å²) in [4.78, 5) is 23.0. The second-order valence-electron chi connectivity index (χ2n) is 18.3. The highest BCUT2D eigenvalue weighted by molar-refractivity contribution is 5.82. The van der Waals surface area contributed by atoms with Crippen LogP contribution in [0.2, 0.25) is 0 Å². The van der Waals surface area contributed by atoms with Gasteiger partial charge in [0.05, 0.1) is 26.4 Å². The summed E-state index contributed by atoms with van der Waals surface area (Å²) in [5.74, 6) is -6.30. The number of nitrogens with one attached hydrogen (secondary N) is 2. The van der Waals surface area contributed by atoms with Crippen LogP contribution in [0.1, 0.15) is 151 Å². The highest BCUT2D eigenvalue weighted by Crippen LogP contribution is 2.36. The number of hydrogen-bond acceptors (Lipinski definition) is 12. The number of alkyl halides is 6. The molecule has 4 aliphatic heterocycles. The van der Waals surface area contributed by atoms with Crippen molar-refractivity contribution >= 4 is 11.8 Å². The molecule has 68 heavy (non-hydrogen) atoms. The molecule has 0 radical (unpaired) electrons. The fraction of sp³-hybridized carbons (Fsp3) is 0.875. The Morgan fingerprint density at radius 1 is 0.603 bits per heavy atom. The molecule has 0 aromatic rings. The Morgan fingerprint density at radius 3 is 1.38 bits per heavy atom. The van der Waals surface area contributed by atoms with Crippen LogP contribution >= 0.6 is 0 Å². The fourth-order valence-corrected chi connectivity index (χ4v) is 7.91. The van der Waals surface area contributed by atoms with Gasteiger partial charge in [0, 0.05) is 6.61 Å². The number of fused-ring (bicyclic) bond motifs is 2. The lowest BCUT2D eigenvalue weighted by Crippen LogP contribution is -2.69. The van der Waals surface area contributed by atoms with Crippen LogP contribution < -0.4 is 10.6 Å². The van der Waals surface area contributed by atoms with Crippen molar-refractivity contribution in [2.75, 3.05) is 33.0 Å². The van der Waals surface area contributed by atoms with E-state index in [1.165, 1.54) is 89.2 Å². The number of halogens is 6. The first-order valence-corrected chi connectivity index (χ1v) is 24.5. The molecule has 4 fully saturated rings. The van der Waals surface area contributed by atoms with Crippen LogP contribution in [0.3, 0.4) is 0 Å². The quantitative estimate of drug-likeness (QED) is 0.0453. The van der Waals surface area contributed by atoms with Gasteiger partial charge in [0.15, 0.2) is 24.2 Å². The average molecular weight is 993 g/mol. The predicted octanol–water partition coefficient (Wildman–Crippen LogP) is 9.26. The Hall–Kier alpha value is -2.40. The Balaban J connectivity index is 0.000000394. The Kier molecular flexibility index (Phi) is 28.3. The maximum atomic E-state index is 13.0. The lowest BCUT2D eigenvalue weighted by atomic mass is 9.94. The number of ether oxygens (including phenoxy) is 9. The molecule has 0 spiro atoms. The van der Waals surface area contributed by atoms with E-state index in [4.69, 9.17) is 42.6 Å². The summed E-state index contributed by atoms with van der Waals surface area (Å²) in [5.41, 5.74) is 0. The van der Waals surface area contributed by atoms with E-state index in [-0.39, 0.29) is 26.4 Å². The number of aliphatic hydroxyl groups excluding tert-OH is 1. The summed E-state index contributed by atoms with van der Waals surface area (Å²) in [7, 11) is 0.